The number of anilines is 2. The smallest absolute Gasteiger partial charge is 0.186 e. The monoisotopic (exact) mass is 327 g/mol. The van der Waals surface area contributed by atoms with E-state index in [0.717, 1.165) is 0 Å². The second kappa shape index (κ2) is 6.55. The fourth-order valence-electron chi connectivity index (χ4n) is 2.06. The molecule has 0 heterocycles. The molecule has 0 saturated heterocycles. The van der Waals surface area contributed by atoms with Gasteiger partial charge in [0, 0.05) is 5.69 Å². The molecule has 0 aliphatic rings. The third kappa shape index (κ3) is 3.44. The lowest BCUT2D eigenvalue weighted by molar-refractivity contribution is 0.125. The van der Waals surface area contributed by atoms with Gasteiger partial charge in [0.15, 0.2) is 17.4 Å². The number of rotatable bonds is 3. The molecule has 0 unspecified atom stereocenters. The highest BCUT2D eigenvalue weighted by molar-refractivity contribution is 5.72. The van der Waals surface area contributed by atoms with Crippen molar-refractivity contribution in [2.45, 2.75) is 26.4 Å². The van der Waals surface area contributed by atoms with Crippen LogP contribution in [0, 0.1) is 34.3 Å². The first-order chi connectivity index (χ1) is 11.3. The predicted molar refractivity (Wildman–Crippen MR) is 85.9 cm³/mol. The van der Waals surface area contributed by atoms with Crippen LogP contribution in [0.3, 0.4) is 0 Å². The largest absolute Gasteiger partial charge is 0.483 e. The molecule has 2 aromatic carbocycles. The van der Waals surface area contributed by atoms with Gasteiger partial charge in [0.25, 0.3) is 0 Å². The summed E-state index contributed by atoms with van der Waals surface area (Å²) in [6.45, 7) is 5.00. The molecule has 24 heavy (non-hydrogen) atoms. The molecule has 1 N–H and O–H groups in total. The molecule has 0 aromatic heterocycles. The molecule has 0 bridgehead atoms. The Labute approximate surface area is 138 Å². The molecular weight excluding hydrogens is 312 g/mol. The highest BCUT2D eigenvalue weighted by Gasteiger charge is 2.29. The maximum Gasteiger partial charge on any atom is 0.186 e. The first kappa shape index (κ1) is 17.2. The van der Waals surface area contributed by atoms with Gasteiger partial charge < -0.3 is 10.1 Å². The Bertz CT molecular complexity index is 844. The van der Waals surface area contributed by atoms with Crippen LogP contribution >= 0.6 is 0 Å². The third-order valence-electron chi connectivity index (χ3n) is 3.01. The summed E-state index contributed by atoms with van der Waals surface area (Å²) in [4.78, 5) is 0. The van der Waals surface area contributed by atoms with Crippen molar-refractivity contribution in [1.82, 2.24) is 0 Å². The summed E-state index contributed by atoms with van der Waals surface area (Å²) >= 11 is 0. The lowest BCUT2D eigenvalue weighted by Gasteiger charge is -2.25. The molecule has 2 aromatic rings. The molecular formula is C18H15F2N3O. The maximum atomic E-state index is 14.7. The minimum absolute atomic E-state index is 0.316. The van der Waals surface area contributed by atoms with Gasteiger partial charge in [0.1, 0.15) is 34.6 Å². The second-order valence-corrected chi connectivity index (χ2v) is 6.01. The van der Waals surface area contributed by atoms with E-state index >= 15 is 0 Å². The van der Waals surface area contributed by atoms with Crippen LogP contribution in [0.25, 0.3) is 0 Å². The van der Waals surface area contributed by atoms with Gasteiger partial charge in [-0.25, -0.2) is 8.78 Å². The first-order valence-corrected chi connectivity index (χ1v) is 7.14. The van der Waals surface area contributed by atoms with E-state index in [1.54, 1.807) is 51.1 Å². The number of nitriles is 2. The molecule has 0 spiro atoms. The van der Waals surface area contributed by atoms with E-state index in [1.165, 1.54) is 12.1 Å². The minimum Gasteiger partial charge on any atom is -0.483 e. The summed E-state index contributed by atoms with van der Waals surface area (Å²) in [5.41, 5.74) is -1.99. The van der Waals surface area contributed by atoms with Crippen LogP contribution in [0.15, 0.2) is 30.3 Å². The average molecular weight is 327 g/mol. The van der Waals surface area contributed by atoms with Crippen molar-refractivity contribution in [3.8, 4) is 17.9 Å². The van der Waals surface area contributed by atoms with E-state index in [-0.39, 0.29) is 5.69 Å². The number of nitrogens with one attached hydrogen (secondary N) is 1. The molecule has 0 saturated carbocycles. The van der Waals surface area contributed by atoms with Gasteiger partial charge >= 0.3 is 0 Å². The molecule has 122 valence electrons. The van der Waals surface area contributed by atoms with Crippen LogP contribution in [0.5, 0.6) is 5.75 Å². The highest BCUT2D eigenvalue weighted by Crippen LogP contribution is 2.39. The van der Waals surface area contributed by atoms with Crippen LogP contribution in [0.1, 0.15) is 31.9 Å². The molecule has 4 nitrogen and oxygen atoms in total. The lowest BCUT2D eigenvalue weighted by Crippen LogP contribution is -2.25. The molecule has 0 amide bonds. The van der Waals surface area contributed by atoms with Gasteiger partial charge in [-0.15, -0.1) is 0 Å². The van der Waals surface area contributed by atoms with Crippen molar-refractivity contribution in [3.05, 3.63) is 53.1 Å². The Hall–Kier alpha value is -3.12. The molecule has 0 fully saturated rings. The Balaban J connectivity index is 2.73. The van der Waals surface area contributed by atoms with Gasteiger partial charge in [-0.3, -0.25) is 0 Å². The van der Waals surface area contributed by atoms with Crippen molar-refractivity contribution < 1.29 is 13.5 Å². The minimum atomic E-state index is -1.07. The standard InChI is InChI=1S/C18H15F2N3O/c1-18(2,3)24-17-15(20)13(10-22)12(9-21)14(19)16(17)23-11-7-5-4-6-8-11/h4-8,23H,1-3H3. The normalized spacial score (nSPS) is 10.6. The van der Waals surface area contributed by atoms with Crippen LogP contribution in [-0.4, -0.2) is 5.60 Å². The van der Waals surface area contributed by atoms with E-state index in [4.69, 9.17) is 15.3 Å². The first-order valence-electron chi connectivity index (χ1n) is 7.14. The van der Waals surface area contributed by atoms with Crippen LogP contribution < -0.4 is 10.1 Å². The molecule has 2 rings (SSSR count). The average Bonchev–Trinajstić information content (AvgIpc) is 2.53. The topological polar surface area (TPSA) is 68.8 Å². The summed E-state index contributed by atoms with van der Waals surface area (Å²) in [7, 11) is 0. The molecule has 0 radical (unpaired) electrons. The van der Waals surface area contributed by atoms with E-state index in [1.807, 2.05) is 0 Å². The molecule has 0 aliphatic carbocycles. The molecule has 6 heteroatoms. The van der Waals surface area contributed by atoms with Crippen molar-refractivity contribution in [2.24, 2.45) is 0 Å². The highest BCUT2D eigenvalue weighted by atomic mass is 19.1. The van der Waals surface area contributed by atoms with Crippen molar-refractivity contribution in [2.75, 3.05) is 5.32 Å². The van der Waals surface area contributed by atoms with Gasteiger partial charge in [-0.1, -0.05) is 18.2 Å². The van der Waals surface area contributed by atoms with Crippen molar-refractivity contribution >= 4 is 11.4 Å². The third-order valence-corrected chi connectivity index (χ3v) is 3.01. The van der Waals surface area contributed by atoms with Gasteiger partial charge in [0.2, 0.25) is 0 Å². The molecule has 0 atom stereocenters. The number of benzene rings is 2. The van der Waals surface area contributed by atoms with Crippen molar-refractivity contribution in [1.29, 1.82) is 10.5 Å². The predicted octanol–water partition coefficient (Wildman–Crippen LogP) is 4.63. The summed E-state index contributed by atoms with van der Waals surface area (Å²) in [6.07, 6.45) is 0. The summed E-state index contributed by atoms with van der Waals surface area (Å²) in [5, 5.41) is 20.9. The number of hydrogen-bond acceptors (Lipinski definition) is 4. The SMILES string of the molecule is CC(C)(C)Oc1c(F)c(C#N)c(C#N)c(F)c1Nc1ccccc1. The van der Waals surface area contributed by atoms with E-state index < -0.39 is 34.1 Å². The van der Waals surface area contributed by atoms with Crippen molar-refractivity contribution in [3.63, 3.8) is 0 Å². The second-order valence-electron chi connectivity index (χ2n) is 6.01. The van der Waals surface area contributed by atoms with Crippen LogP contribution in [0.4, 0.5) is 20.2 Å². The fourth-order valence-corrected chi connectivity index (χ4v) is 2.06. The van der Waals surface area contributed by atoms with Gasteiger partial charge in [-0.05, 0) is 32.9 Å². The number of halogens is 2. The van der Waals surface area contributed by atoms with Crippen LogP contribution in [0.2, 0.25) is 0 Å². The molecule has 0 aliphatic heterocycles. The lowest BCUT2D eigenvalue weighted by atomic mass is 10.0. The Morgan fingerprint density at radius 2 is 1.50 bits per heavy atom. The summed E-state index contributed by atoms with van der Waals surface area (Å²) in [6, 6.07) is 11.6. The zero-order chi connectivity index (χ0) is 17.9. The Kier molecular flexibility index (Phi) is 4.71. The fraction of sp³-hybridized carbons (Fsp3) is 0.222. The zero-order valence-electron chi connectivity index (χ0n) is 13.4. The van der Waals surface area contributed by atoms with E-state index in [2.05, 4.69) is 5.32 Å². The van der Waals surface area contributed by atoms with Crippen LogP contribution in [-0.2, 0) is 0 Å². The zero-order valence-corrected chi connectivity index (χ0v) is 13.4. The maximum absolute atomic E-state index is 14.7. The van der Waals surface area contributed by atoms with E-state index in [0.29, 0.717) is 5.69 Å². The number of nitrogens with zero attached hydrogens (tertiary/aromatic N) is 2. The Morgan fingerprint density at radius 1 is 0.958 bits per heavy atom. The summed E-state index contributed by atoms with van der Waals surface area (Å²) in [5.74, 6) is -2.53. The number of ether oxygens (including phenoxy) is 1. The Morgan fingerprint density at radius 3 is 2.00 bits per heavy atom. The quantitative estimate of drug-likeness (QED) is 0.892. The number of hydrogen-bond donors (Lipinski definition) is 1. The van der Waals surface area contributed by atoms with E-state index in [9.17, 15) is 8.78 Å². The van der Waals surface area contributed by atoms with Gasteiger partial charge in [0.05, 0.1) is 0 Å². The number of para-hydroxylation sites is 1. The van der Waals surface area contributed by atoms with Gasteiger partial charge in [-0.2, -0.15) is 10.5 Å². The summed E-state index contributed by atoms with van der Waals surface area (Å²) < 4.78 is 34.9.